The summed E-state index contributed by atoms with van der Waals surface area (Å²) in [6.07, 6.45) is -3.36. The highest BCUT2D eigenvalue weighted by molar-refractivity contribution is 6.32. The van der Waals surface area contributed by atoms with Gasteiger partial charge in [0.05, 0.1) is 11.8 Å². The van der Waals surface area contributed by atoms with Gasteiger partial charge in [0.2, 0.25) is 5.22 Å². The van der Waals surface area contributed by atoms with E-state index in [9.17, 15) is 18.0 Å². The zero-order chi connectivity index (χ0) is 11.6. The molecule has 84 valence electrons. The zero-order valence-corrected chi connectivity index (χ0v) is 8.32. The summed E-state index contributed by atoms with van der Waals surface area (Å²) in [5.41, 5.74) is -0.118. The number of hydrogen-bond acceptors (Lipinski definition) is 2. The Kier molecular flexibility index (Phi) is 3.28. The highest BCUT2D eigenvalue weighted by Gasteiger charge is 2.37. The molecule has 0 saturated carbocycles. The lowest BCUT2D eigenvalue weighted by atomic mass is 10.2. The summed E-state index contributed by atoms with van der Waals surface area (Å²) >= 11 is 5.42. The van der Waals surface area contributed by atoms with Crippen molar-refractivity contribution in [3.8, 4) is 0 Å². The van der Waals surface area contributed by atoms with Gasteiger partial charge in [-0.15, -0.1) is 0 Å². The second kappa shape index (κ2) is 4.14. The van der Waals surface area contributed by atoms with Gasteiger partial charge in [-0.25, -0.2) is 0 Å². The summed E-state index contributed by atoms with van der Waals surface area (Å²) in [5.74, 6) is -0.918. The minimum Gasteiger partial charge on any atom is -0.452 e. The first kappa shape index (κ1) is 11.9. The van der Waals surface area contributed by atoms with Gasteiger partial charge in [-0.1, -0.05) is 0 Å². The lowest BCUT2D eigenvalue weighted by Gasteiger charge is -2.16. The molecule has 0 aromatic carbocycles. The third-order valence-corrected chi connectivity index (χ3v) is 1.99. The van der Waals surface area contributed by atoms with E-state index in [-0.39, 0.29) is 10.8 Å². The first-order valence-corrected chi connectivity index (χ1v) is 4.30. The van der Waals surface area contributed by atoms with Crippen molar-refractivity contribution in [1.82, 2.24) is 5.32 Å². The van der Waals surface area contributed by atoms with Crippen LogP contribution in [0.4, 0.5) is 13.2 Å². The normalized spacial score (nSPS) is 13.7. The Morgan fingerprint density at radius 1 is 1.60 bits per heavy atom. The molecule has 7 heteroatoms. The van der Waals surface area contributed by atoms with E-state index in [1.54, 1.807) is 5.32 Å². The van der Waals surface area contributed by atoms with Gasteiger partial charge >= 0.3 is 6.18 Å². The fourth-order valence-electron chi connectivity index (χ4n) is 0.812. The van der Waals surface area contributed by atoms with Crippen LogP contribution in [0.3, 0.4) is 0 Å². The number of rotatable bonds is 2. The summed E-state index contributed by atoms with van der Waals surface area (Å²) in [6, 6.07) is -0.739. The van der Waals surface area contributed by atoms with E-state index in [4.69, 9.17) is 11.6 Å². The summed E-state index contributed by atoms with van der Waals surface area (Å²) in [6.45, 7) is 0.839. The molecule has 15 heavy (non-hydrogen) atoms. The molecule has 1 rings (SSSR count). The Labute approximate surface area is 88.2 Å². The average molecular weight is 242 g/mol. The highest BCUT2D eigenvalue weighted by atomic mass is 35.5. The number of carbonyl (C=O) groups is 1. The van der Waals surface area contributed by atoms with Crippen LogP contribution in [-0.2, 0) is 0 Å². The van der Waals surface area contributed by atoms with E-state index >= 15 is 0 Å². The van der Waals surface area contributed by atoms with Crippen molar-refractivity contribution in [2.24, 2.45) is 0 Å². The fraction of sp³-hybridized carbons (Fsp3) is 0.375. The Balaban J connectivity index is 2.69. The molecule has 0 radical (unpaired) electrons. The maximum Gasteiger partial charge on any atom is 0.408 e. The SMILES string of the molecule is CC(NC(=O)c1ccoc1Cl)C(F)(F)F. The van der Waals surface area contributed by atoms with E-state index < -0.39 is 18.1 Å². The molecule has 0 fully saturated rings. The lowest BCUT2D eigenvalue weighted by Crippen LogP contribution is -2.43. The van der Waals surface area contributed by atoms with Gasteiger partial charge in [0.1, 0.15) is 6.04 Å². The van der Waals surface area contributed by atoms with E-state index in [2.05, 4.69) is 4.42 Å². The van der Waals surface area contributed by atoms with Crippen LogP contribution >= 0.6 is 11.6 Å². The Morgan fingerprint density at radius 3 is 2.60 bits per heavy atom. The molecule has 1 aromatic rings. The molecular formula is C8H7ClF3NO2. The van der Waals surface area contributed by atoms with Crippen molar-refractivity contribution in [3.63, 3.8) is 0 Å². The number of alkyl halides is 3. The van der Waals surface area contributed by atoms with Crippen LogP contribution in [0.1, 0.15) is 17.3 Å². The maximum atomic E-state index is 12.1. The van der Waals surface area contributed by atoms with Crippen LogP contribution < -0.4 is 5.32 Å². The van der Waals surface area contributed by atoms with Gasteiger partial charge in [-0.2, -0.15) is 13.2 Å². The first-order valence-electron chi connectivity index (χ1n) is 3.93. The van der Waals surface area contributed by atoms with Crippen LogP contribution in [0.5, 0.6) is 0 Å². The zero-order valence-electron chi connectivity index (χ0n) is 7.56. The second-order valence-electron chi connectivity index (χ2n) is 2.84. The second-order valence-corrected chi connectivity index (χ2v) is 3.19. The number of carbonyl (C=O) groups excluding carboxylic acids is 1. The molecule has 0 bridgehead atoms. The Morgan fingerprint density at radius 2 is 2.20 bits per heavy atom. The van der Waals surface area contributed by atoms with Gasteiger partial charge in [0.15, 0.2) is 0 Å². The quantitative estimate of drug-likeness (QED) is 0.865. The van der Waals surface area contributed by atoms with Crippen molar-refractivity contribution in [3.05, 3.63) is 23.1 Å². The van der Waals surface area contributed by atoms with Crippen molar-refractivity contribution >= 4 is 17.5 Å². The van der Waals surface area contributed by atoms with E-state index in [0.29, 0.717) is 0 Å². The molecule has 1 N–H and O–H groups in total. The van der Waals surface area contributed by atoms with Crippen LogP contribution in [-0.4, -0.2) is 18.1 Å². The maximum absolute atomic E-state index is 12.1. The molecule has 0 aliphatic rings. The summed E-state index contributed by atoms with van der Waals surface area (Å²) in [7, 11) is 0. The Hall–Kier alpha value is -1.17. The monoisotopic (exact) mass is 241 g/mol. The van der Waals surface area contributed by atoms with E-state index in [1.165, 1.54) is 6.07 Å². The number of furan rings is 1. The van der Waals surface area contributed by atoms with Gasteiger partial charge in [-0.05, 0) is 24.6 Å². The van der Waals surface area contributed by atoms with Crippen molar-refractivity contribution in [2.45, 2.75) is 19.1 Å². The predicted molar refractivity (Wildman–Crippen MR) is 46.7 cm³/mol. The lowest BCUT2D eigenvalue weighted by molar-refractivity contribution is -0.149. The van der Waals surface area contributed by atoms with Crippen LogP contribution in [0.15, 0.2) is 16.7 Å². The summed E-state index contributed by atoms with van der Waals surface area (Å²) in [4.78, 5) is 11.2. The van der Waals surface area contributed by atoms with E-state index in [0.717, 1.165) is 13.2 Å². The Bertz CT molecular complexity index is 361. The molecule has 0 spiro atoms. The standard InChI is InChI=1S/C8H7ClF3NO2/c1-4(8(10,11)12)13-7(14)5-2-3-15-6(5)9/h2-4H,1H3,(H,13,14). The first-order chi connectivity index (χ1) is 6.82. The number of nitrogens with one attached hydrogen (secondary N) is 1. The highest BCUT2D eigenvalue weighted by Crippen LogP contribution is 2.21. The third-order valence-electron chi connectivity index (χ3n) is 1.70. The molecule has 3 nitrogen and oxygen atoms in total. The van der Waals surface area contributed by atoms with Crippen LogP contribution in [0, 0.1) is 0 Å². The summed E-state index contributed by atoms with van der Waals surface area (Å²) in [5, 5.41) is 1.52. The van der Waals surface area contributed by atoms with Crippen molar-refractivity contribution in [2.75, 3.05) is 0 Å². The summed E-state index contributed by atoms with van der Waals surface area (Å²) < 4.78 is 40.8. The number of amides is 1. The number of hydrogen-bond donors (Lipinski definition) is 1. The molecule has 0 aliphatic heterocycles. The van der Waals surface area contributed by atoms with Crippen molar-refractivity contribution < 1.29 is 22.4 Å². The topological polar surface area (TPSA) is 42.2 Å². The molecule has 0 saturated heterocycles. The smallest absolute Gasteiger partial charge is 0.408 e. The van der Waals surface area contributed by atoms with Gasteiger partial charge in [0.25, 0.3) is 5.91 Å². The van der Waals surface area contributed by atoms with Crippen LogP contribution in [0.2, 0.25) is 5.22 Å². The molecule has 1 aromatic heterocycles. The van der Waals surface area contributed by atoms with Gasteiger partial charge in [0, 0.05) is 0 Å². The largest absolute Gasteiger partial charge is 0.452 e. The van der Waals surface area contributed by atoms with Crippen LogP contribution in [0.25, 0.3) is 0 Å². The molecular weight excluding hydrogens is 235 g/mol. The van der Waals surface area contributed by atoms with Gasteiger partial charge in [-0.3, -0.25) is 4.79 Å². The third kappa shape index (κ3) is 2.89. The molecule has 1 unspecified atom stereocenters. The molecule has 0 aliphatic carbocycles. The average Bonchev–Trinajstić information content (AvgIpc) is 2.49. The van der Waals surface area contributed by atoms with Gasteiger partial charge < -0.3 is 9.73 Å². The number of halogens is 4. The minimum absolute atomic E-state index is 0.118. The fourth-order valence-corrected chi connectivity index (χ4v) is 1.01. The predicted octanol–water partition coefficient (Wildman–Crippen LogP) is 2.61. The molecule has 1 heterocycles. The van der Waals surface area contributed by atoms with Crippen molar-refractivity contribution in [1.29, 1.82) is 0 Å². The molecule has 1 atom stereocenters. The minimum atomic E-state index is -4.48. The van der Waals surface area contributed by atoms with E-state index in [1.807, 2.05) is 0 Å². The molecule has 1 amide bonds.